The highest BCUT2D eigenvalue weighted by Gasteiger charge is 2.28. The average molecular weight is 549 g/mol. The molecule has 0 saturated carbocycles. The summed E-state index contributed by atoms with van der Waals surface area (Å²) in [5.41, 5.74) is 7.12. The molecule has 1 aromatic heterocycles. The Morgan fingerprint density at radius 2 is 1.02 bits per heavy atom. The Morgan fingerprint density at radius 3 is 1.79 bits per heavy atom. The van der Waals surface area contributed by atoms with Crippen LogP contribution in [0.3, 0.4) is 0 Å². The first kappa shape index (κ1) is 24.2. The van der Waals surface area contributed by atoms with Crippen LogP contribution in [0.25, 0.3) is 65.4 Å². The lowest BCUT2D eigenvalue weighted by molar-refractivity contribution is 0.668. The summed E-state index contributed by atoms with van der Waals surface area (Å²) in [4.78, 5) is 0. The predicted octanol–water partition coefficient (Wildman–Crippen LogP) is 11.7. The van der Waals surface area contributed by atoms with Crippen molar-refractivity contribution >= 4 is 54.3 Å². The van der Waals surface area contributed by atoms with Crippen LogP contribution in [0.4, 0.5) is 0 Å². The normalized spacial score (nSPS) is 16.7. The molecule has 1 aliphatic rings. The van der Waals surface area contributed by atoms with Crippen molar-refractivity contribution in [3.05, 3.63) is 169 Å². The van der Waals surface area contributed by atoms with Crippen LogP contribution >= 0.6 is 0 Å². The zero-order chi connectivity index (χ0) is 28.3. The van der Waals surface area contributed by atoms with E-state index in [1.807, 2.05) is 6.07 Å². The van der Waals surface area contributed by atoms with Crippen molar-refractivity contribution in [1.29, 1.82) is 0 Å². The van der Waals surface area contributed by atoms with Crippen LogP contribution in [-0.4, -0.2) is 0 Å². The van der Waals surface area contributed by atoms with Gasteiger partial charge in [0.2, 0.25) is 0 Å². The molecule has 0 spiro atoms. The number of hydrogen-bond acceptors (Lipinski definition) is 1. The fourth-order valence-corrected chi connectivity index (χ4v) is 7.33. The quantitative estimate of drug-likeness (QED) is 0.200. The van der Waals surface area contributed by atoms with E-state index in [1.165, 1.54) is 65.3 Å². The maximum Gasteiger partial charge on any atom is 0.135 e. The van der Waals surface area contributed by atoms with Crippen LogP contribution in [0.1, 0.15) is 23.0 Å². The SMILES string of the molecule is C1=CC(c2ccc3oc4ccccc4c3c2)C(c2c3ccccc3c(-c3ccc4ccccc4c3)c3ccccc23)C=C1. The summed E-state index contributed by atoms with van der Waals surface area (Å²) in [6, 6.07) is 48.6. The van der Waals surface area contributed by atoms with Crippen molar-refractivity contribution in [3.63, 3.8) is 0 Å². The van der Waals surface area contributed by atoms with Gasteiger partial charge < -0.3 is 4.42 Å². The summed E-state index contributed by atoms with van der Waals surface area (Å²) >= 11 is 0. The van der Waals surface area contributed by atoms with Crippen molar-refractivity contribution in [2.24, 2.45) is 0 Å². The van der Waals surface area contributed by atoms with Crippen molar-refractivity contribution in [1.82, 2.24) is 0 Å². The molecule has 0 N–H and O–H groups in total. The average Bonchev–Trinajstić information content (AvgIpc) is 3.45. The Kier molecular flexibility index (Phi) is 5.39. The Labute approximate surface area is 250 Å². The first-order valence-corrected chi connectivity index (χ1v) is 15.0. The molecule has 2 unspecified atom stereocenters. The Hall–Kier alpha value is -5.40. The summed E-state index contributed by atoms with van der Waals surface area (Å²) in [6.45, 7) is 0. The van der Waals surface area contributed by atoms with Gasteiger partial charge in [-0.3, -0.25) is 0 Å². The maximum absolute atomic E-state index is 6.17. The summed E-state index contributed by atoms with van der Waals surface area (Å²) in [5.74, 6) is 0.377. The van der Waals surface area contributed by atoms with Gasteiger partial charge in [-0.25, -0.2) is 0 Å². The van der Waals surface area contributed by atoms with Crippen molar-refractivity contribution in [2.75, 3.05) is 0 Å². The third kappa shape index (κ3) is 3.78. The first-order valence-electron chi connectivity index (χ1n) is 15.0. The van der Waals surface area contributed by atoms with Crippen molar-refractivity contribution in [2.45, 2.75) is 11.8 Å². The highest BCUT2D eigenvalue weighted by Crippen LogP contribution is 2.48. The second-order valence-electron chi connectivity index (χ2n) is 11.6. The summed E-state index contributed by atoms with van der Waals surface area (Å²) in [5, 5.41) is 10.1. The van der Waals surface area contributed by atoms with Gasteiger partial charge >= 0.3 is 0 Å². The summed E-state index contributed by atoms with van der Waals surface area (Å²) in [6.07, 6.45) is 9.18. The van der Waals surface area contributed by atoms with Crippen LogP contribution in [0, 0.1) is 0 Å². The van der Waals surface area contributed by atoms with E-state index in [1.54, 1.807) is 0 Å². The smallest absolute Gasteiger partial charge is 0.135 e. The molecule has 1 aliphatic carbocycles. The second kappa shape index (κ2) is 9.58. The summed E-state index contributed by atoms with van der Waals surface area (Å²) in [7, 11) is 0. The van der Waals surface area contributed by atoms with E-state index in [0.29, 0.717) is 0 Å². The van der Waals surface area contributed by atoms with Gasteiger partial charge in [0, 0.05) is 22.6 Å². The lowest BCUT2D eigenvalue weighted by atomic mass is 9.74. The molecule has 9 rings (SSSR count). The van der Waals surface area contributed by atoms with E-state index in [0.717, 1.165) is 11.2 Å². The standard InChI is InChI=1S/C42H28O/c1-2-12-28-25-30(22-21-27(28)11-1)41-34-16-5-7-18-36(34)42(37-19-8-6-17-35(37)41)33-15-4-3-13-31(33)29-23-24-40-38(26-29)32-14-9-10-20-39(32)43-40/h1-26,31,33H. The number of rotatable bonds is 3. The molecule has 2 atom stereocenters. The number of fused-ring (bicyclic) bond motifs is 6. The Bertz CT molecular complexity index is 2360. The topological polar surface area (TPSA) is 13.1 Å². The summed E-state index contributed by atoms with van der Waals surface area (Å²) < 4.78 is 6.17. The highest BCUT2D eigenvalue weighted by atomic mass is 16.3. The zero-order valence-corrected chi connectivity index (χ0v) is 23.6. The van der Waals surface area contributed by atoms with Gasteiger partial charge in [-0.15, -0.1) is 0 Å². The fourth-order valence-electron chi connectivity index (χ4n) is 7.33. The monoisotopic (exact) mass is 548 g/mol. The van der Waals surface area contributed by atoms with Gasteiger partial charge in [0.1, 0.15) is 11.2 Å². The third-order valence-corrected chi connectivity index (χ3v) is 9.27. The molecule has 1 heterocycles. The fraction of sp³-hybridized carbons (Fsp3) is 0.0476. The molecule has 1 nitrogen and oxygen atoms in total. The minimum absolute atomic E-state index is 0.182. The number of hydrogen-bond donors (Lipinski definition) is 0. The van der Waals surface area contributed by atoms with Gasteiger partial charge in [-0.05, 0) is 78.8 Å². The van der Waals surface area contributed by atoms with E-state index in [9.17, 15) is 0 Å². The minimum Gasteiger partial charge on any atom is -0.456 e. The lowest BCUT2D eigenvalue weighted by Crippen LogP contribution is -2.11. The van der Waals surface area contributed by atoms with Gasteiger partial charge in [0.15, 0.2) is 0 Å². The number of benzene rings is 7. The molecule has 8 aromatic rings. The molecular formula is C42H28O. The molecular weight excluding hydrogens is 520 g/mol. The highest BCUT2D eigenvalue weighted by molar-refractivity contribution is 6.16. The van der Waals surface area contributed by atoms with E-state index in [2.05, 4.69) is 152 Å². The Morgan fingerprint density at radius 1 is 0.419 bits per heavy atom. The first-order chi connectivity index (χ1) is 21.3. The van der Waals surface area contributed by atoms with Crippen LogP contribution in [0.15, 0.2) is 162 Å². The molecule has 43 heavy (non-hydrogen) atoms. The van der Waals surface area contributed by atoms with E-state index >= 15 is 0 Å². The minimum atomic E-state index is 0.182. The molecule has 202 valence electrons. The predicted molar refractivity (Wildman–Crippen MR) is 182 cm³/mol. The van der Waals surface area contributed by atoms with Gasteiger partial charge in [0.05, 0.1) is 0 Å². The molecule has 0 amide bonds. The molecule has 7 aromatic carbocycles. The molecule has 0 bridgehead atoms. The van der Waals surface area contributed by atoms with Gasteiger partial charge in [0.25, 0.3) is 0 Å². The van der Waals surface area contributed by atoms with E-state index < -0.39 is 0 Å². The van der Waals surface area contributed by atoms with Gasteiger partial charge in [-0.1, -0.05) is 133 Å². The van der Waals surface area contributed by atoms with Crippen LogP contribution in [0.5, 0.6) is 0 Å². The second-order valence-corrected chi connectivity index (χ2v) is 11.6. The van der Waals surface area contributed by atoms with Crippen LogP contribution in [0.2, 0.25) is 0 Å². The van der Waals surface area contributed by atoms with E-state index in [4.69, 9.17) is 4.42 Å². The maximum atomic E-state index is 6.17. The van der Waals surface area contributed by atoms with Crippen LogP contribution < -0.4 is 0 Å². The Balaban J connectivity index is 1.29. The molecule has 1 heteroatoms. The lowest BCUT2D eigenvalue weighted by Gasteiger charge is -2.29. The molecule has 0 radical (unpaired) electrons. The van der Waals surface area contributed by atoms with Crippen LogP contribution in [-0.2, 0) is 0 Å². The number of allylic oxidation sites excluding steroid dienone is 4. The number of para-hydroxylation sites is 1. The molecule has 0 fully saturated rings. The number of furan rings is 1. The third-order valence-electron chi connectivity index (χ3n) is 9.27. The van der Waals surface area contributed by atoms with Crippen molar-refractivity contribution in [3.8, 4) is 11.1 Å². The van der Waals surface area contributed by atoms with Gasteiger partial charge in [-0.2, -0.15) is 0 Å². The van der Waals surface area contributed by atoms with E-state index in [-0.39, 0.29) is 11.8 Å². The zero-order valence-electron chi connectivity index (χ0n) is 23.6. The van der Waals surface area contributed by atoms with Crippen molar-refractivity contribution < 1.29 is 4.42 Å². The largest absolute Gasteiger partial charge is 0.456 e. The molecule has 0 aliphatic heterocycles. The molecule has 0 saturated heterocycles.